The summed E-state index contributed by atoms with van der Waals surface area (Å²) < 4.78 is 51.3. The second-order valence-electron chi connectivity index (χ2n) is 7.52. The van der Waals surface area contributed by atoms with Crippen LogP contribution in [-0.4, -0.2) is 6.61 Å². The van der Waals surface area contributed by atoms with Crippen molar-refractivity contribution in [1.82, 2.24) is 0 Å². The van der Waals surface area contributed by atoms with Crippen molar-refractivity contribution in [2.45, 2.75) is 32.6 Å². The van der Waals surface area contributed by atoms with Gasteiger partial charge in [0.1, 0.15) is 5.82 Å². The van der Waals surface area contributed by atoms with Crippen molar-refractivity contribution in [1.29, 1.82) is 0 Å². The number of rotatable bonds is 4. The Balaban J connectivity index is 1.70. The Bertz CT molecular complexity index is 1220. The van der Waals surface area contributed by atoms with Gasteiger partial charge in [-0.3, -0.25) is 0 Å². The van der Waals surface area contributed by atoms with Crippen molar-refractivity contribution in [3.63, 3.8) is 0 Å². The molecule has 1 saturated carbocycles. The summed E-state index contributed by atoms with van der Waals surface area (Å²) in [5.41, 5.74) is 0.477. The van der Waals surface area contributed by atoms with Crippen LogP contribution in [0, 0.1) is 23.4 Å². The quantitative estimate of drug-likeness (QED) is 0.348. The number of hydrogen-bond donors (Lipinski definition) is 0. The summed E-state index contributed by atoms with van der Waals surface area (Å²) in [6, 6.07) is 8.56. The third-order valence-electron chi connectivity index (χ3n) is 5.85. The molecule has 1 aromatic heterocycles. The van der Waals surface area contributed by atoms with E-state index in [1.54, 1.807) is 30.3 Å². The van der Waals surface area contributed by atoms with Gasteiger partial charge in [-0.1, -0.05) is 25.5 Å². The average Bonchev–Trinajstić information content (AvgIpc) is 3.02. The maximum atomic E-state index is 15.2. The first-order valence-electron chi connectivity index (χ1n) is 9.65. The van der Waals surface area contributed by atoms with Gasteiger partial charge < -0.3 is 4.74 Å². The summed E-state index contributed by atoms with van der Waals surface area (Å²) in [7, 11) is 0. The van der Waals surface area contributed by atoms with Gasteiger partial charge in [-0.05, 0) is 54.3 Å². The Labute approximate surface area is 164 Å². The number of ether oxygens (including phenoxy) is 1. The van der Waals surface area contributed by atoms with Gasteiger partial charge in [0.05, 0.1) is 21.4 Å². The Kier molecular flexibility index (Phi) is 4.23. The second kappa shape index (κ2) is 6.66. The van der Waals surface area contributed by atoms with E-state index < -0.39 is 17.5 Å². The topological polar surface area (TPSA) is 9.23 Å². The highest BCUT2D eigenvalue weighted by molar-refractivity contribution is 7.26. The van der Waals surface area contributed by atoms with Crippen LogP contribution in [0.2, 0.25) is 0 Å². The molecule has 4 aromatic rings. The van der Waals surface area contributed by atoms with Crippen molar-refractivity contribution in [2.75, 3.05) is 6.61 Å². The van der Waals surface area contributed by atoms with E-state index in [-0.39, 0.29) is 15.8 Å². The van der Waals surface area contributed by atoms with Gasteiger partial charge in [0.15, 0.2) is 17.4 Å². The molecule has 0 unspecified atom stereocenters. The normalized spacial score (nSPS) is 14.9. The number of fused-ring (bicyclic) bond motifs is 4. The molecule has 1 aliphatic carbocycles. The molecule has 1 fully saturated rings. The molecule has 0 spiro atoms. The number of benzene rings is 3. The molecule has 1 heterocycles. The highest BCUT2D eigenvalue weighted by Gasteiger charge is 2.22. The fourth-order valence-electron chi connectivity index (χ4n) is 3.93. The van der Waals surface area contributed by atoms with E-state index in [2.05, 4.69) is 0 Å². The van der Waals surface area contributed by atoms with Crippen LogP contribution in [0.25, 0.3) is 30.9 Å². The van der Waals surface area contributed by atoms with Gasteiger partial charge in [0.25, 0.3) is 0 Å². The van der Waals surface area contributed by atoms with E-state index in [1.807, 2.05) is 6.92 Å². The van der Waals surface area contributed by atoms with Crippen LogP contribution in [0.5, 0.6) is 5.75 Å². The molecule has 1 nitrogen and oxygen atoms in total. The lowest BCUT2D eigenvalue weighted by atomic mass is 9.86. The van der Waals surface area contributed by atoms with Crippen LogP contribution in [-0.2, 0) is 6.42 Å². The fraction of sp³-hybridized carbons (Fsp3) is 0.304. The van der Waals surface area contributed by atoms with Gasteiger partial charge in [-0.25, -0.2) is 13.2 Å². The summed E-state index contributed by atoms with van der Waals surface area (Å²) in [6.07, 6.45) is 3.93. The van der Waals surface area contributed by atoms with Crippen LogP contribution in [0.15, 0.2) is 30.3 Å². The lowest BCUT2D eigenvalue weighted by molar-refractivity contribution is 0.176. The minimum Gasteiger partial charge on any atom is -0.490 e. The van der Waals surface area contributed by atoms with E-state index >= 15 is 8.78 Å². The average molecular weight is 400 g/mol. The summed E-state index contributed by atoms with van der Waals surface area (Å²) >= 11 is 1.02. The van der Waals surface area contributed by atoms with E-state index in [4.69, 9.17) is 4.74 Å². The predicted octanol–water partition coefficient (Wildman–Crippen LogP) is 7.37. The zero-order valence-corrected chi connectivity index (χ0v) is 16.3. The maximum Gasteiger partial charge on any atom is 0.182 e. The minimum atomic E-state index is -0.613. The molecular weight excluding hydrogens is 381 g/mol. The molecule has 144 valence electrons. The Morgan fingerprint density at radius 2 is 1.75 bits per heavy atom. The lowest BCUT2D eigenvalue weighted by Crippen LogP contribution is -2.19. The SMILES string of the molecule is CCc1ccc2cc3c(sc4c(F)c(OCC5CCC5)ccc43)c(F)c2c1F. The largest absolute Gasteiger partial charge is 0.490 e. The third kappa shape index (κ3) is 2.60. The highest BCUT2D eigenvalue weighted by atomic mass is 32.1. The molecule has 0 saturated heterocycles. The monoisotopic (exact) mass is 400 g/mol. The molecule has 0 amide bonds. The van der Waals surface area contributed by atoms with Crippen LogP contribution in [0.4, 0.5) is 13.2 Å². The summed E-state index contributed by atoms with van der Waals surface area (Å²) in [5.74, 6) is -0.901. The van der Waals surface area contributed by atoms with Gasteiger partial charge in [0.2, 0.25) is 0 Å². The molecular formula is C23H19F3OS. The number of hydrogen-bond acceptors (Lipinski definition) is 2. The Hall–Kier alpha value is -2.27. The standard InChI is InChI=1S/C23H19F3OS/c1-2-13-6-7-14-10-16-15-8-9-17(27-11-12-4-3-5-12)20(25)22(15)28-23(16)21(26)18(14)19(13)24/h6-10,12H,2-5,11H2,1H3. The van der Waals surface area contributed by atoms with Gasteiger partial charge >= 0.3 is 0 Å². The van der Waals surface area contributed by atoms with E-state index in [9.17, 15) is 4.39 Å². The van der Waals surface area contributed by atoms with E-state index in [1.165, 1.54) is 6.42 Å². The van der Waals surface area contributed by atoms with Crippen LogP contribution in [0.1, 0.15) is 31.7 Å². The summed E-state index contributed by atoms with van der Waals surface area (Å²) in [4.78, 5) is 0. The van der Waals surface area contributed by atoms with Crippen molar-refractivity contribution < 1.29 is 17.9 Å². The van der Waals surface area contributed by atoms with Crippen molar-refractivity contribution in [3.05, 3.63) is 53.3 Å². The van der Waals surface area contributed by atoms with Crippen LogP contribution in [0.3, 0.4) is 0 Å². The second-order valence-corrected chi connectivity index (χ2v) is 8.54. The molecule has 0 aliphatic heterocycles. The van der Waals surface area contributed by atoms with Crippen LogP contribution < -0.4 is 4.74 Å². The van der Waals surface area contributed by atoms with Crippen LogP contribution >= 0.6 is 11.3 Å². The van der Waals surface area contributed by atoms with Crippen molar-refractivity contribution in [2.24, 2.45) is 5.92 Å². The third-order valence-corrected chi connectivity index (χ3v) is 7.06. The smallest absolute Gasteiger partial charge is 0.182 e. The Morgan fingerprint density at radius 1 is 0.964 bits per heavy atom. The minimum absolute atomic E-state index is 0.0136. The van der Waals surface area contributed by atoms with Crippen molar-refractivity contribution in [3.8, 4) is 5.75 Å². The van der Waals surface area contributed by atoms with Gasteiger partial charge in [-0.15, -0.1) is 11.3 Å². The zero-order valence-electron chi connectivity index (χ0n) is 15.5. The first-order chi connectivity index (χ1) is 13.6. The van der Waals surface area contributed by atoms with E-state index in [0.29, 0.717) is 45.4 Å². The molecule has 0 atom stereocenters. The van der Waals surface area contributed by atoms with Gasteiger partial charge in [-0.2, -0.15) is 0 Å². The molecule has 1 aliphatic rings. The first-order valence-corrected chi connectivity index (χ1v) is 10.5. The predicted molar refractivity (Wildman–Crippen MR) is 109 cm³/mol. The summed E-state index contributed by atoms with van der Waals surface area (Å²) in [6.45, 7) is 2.34. The summed E-state index contributed by atoms with van der Waals surface area (Å²) in [5, 5.41) is 1.72. The molecule has 0 bridgehead atoms. The zero-order chi connectivity index (χ0) is 19.4. The fourth-order valence-corrected chi connectivity index (χ4v) is 5.09. The lowest BCUT2D eigenvalue weighted by Gasteiger charge is -2.25. The molecule has 5 rings (SSSR count). The molecule has 3 aromatic carbocycles. The Morgan fingerprint density at radius 3 is 2.46 bits per heavy atom. The molecule has 5 heteroatoms. The molecule has 0 radical (unpaired) electrons. The van der Waals surface area contributed by atoms with E-state index in [0.717, 1.165) is 24.2 Å². The van der Waals surface area contributed by atoms with Crippen molar-refractivity contribution >= 4 is 42.3 Å². The number of aryl methyl sites for hydroxylation is 1. The first kappa shape index (κ1) is 17.8. The number of thiophene rings is 1. The maximum absolute atomic E-state index is 15.2. The highest BCUT2D eigenvalue weighted by Crippen LogP contribution is 2.42. The molecule has 28 heavy (non-hydrogen) atoms. The number of halogens is 3. The molecule has 0 N–H and O–H groups in total. The van der Waals surface area contributed by atoms with Gasteiger partial charge in [0, 0.05) is 10.8 Å².